The first-order chi connectivity index (χ1) is 20.9. The molecule has 5 aromatic rings. The van der Waals surface area contributed by atoms with Crippen molar-refractivity contribution in [2.45, 2.75) is 18.9 Å². The molecule has 2 amide bonds. The molecule has 0 aliphatic carbocycles. The number of hydrogen-bond donors (Lipinski definition) is 3. The number of para-hydroxylation sites is 1. The zero-order chi connectivity index (χ0) is 29.8. The number of rotatable bonds is 7. The van der Waals surface area contributed by atoms with Crippen molar-refractivity contribution in [2.75, 3.05) is 30.8 Å². The molecule has 2 aromatic carbocycles. The van der Waals surface area contributed by atoms with Gasteiger partial charge in [0.25, 0.3) is 17.4 Å². The van der Waals surface area contributed by atoms with Crippen molar-refractivity contribution in [1.82, 2.24) is 24.8 Å². The lowest BCUT2D eigenvalue weighted by Gasteiger charge is -2.29. The molecule has 1 saturated heterocycles. The summed E-state index contributed by atoms with van der Waals surface area (Å²) in [5.74, 6) is -0.685. The van der Waals surface area contributed by atoms with Gasteiger partial charge >= 0.3 is 0 Å². The Hall–Kier alpha value is -5.35. The molecule has 0 spiro atoms. The lowest BCUT2D eigenvalue weighted by molar-refractivity contribution is 0.0911. The monoisotopic (exact) mass is 573 g/mol. The molecule has 0 bridgehead atoms. The van der Waals surface area contributed by atoms with Gasteiger partial charge in [-0.15, -0.1) is 0 Å². The van der Waals surface area contributed by atoms with Crippen molar-refractivity contribution < 1.29 is 9.59 Å². The molecule has 6 rings (SSSR count). The molecule has 4 heterocycles. The highest BCUT2D eigenvalue weighted by atomic mass is 16.2. The Morgan fingerprint density at radius 1 is 0.860 bits per heavy atom. The van der Waals surface area contributed by atoms with Crippen LogP contribution in [-0.4, -0.2) is 57.4 Å². The molecule has 1 aliphatic rings. The highest BCUT2D eigenvalue weighted by Crippen LogP contribution is 2.26. The van der Waals surface area contributed by atoms with Crippen LogP contribution in [0.15, 0.2) is 102 Å². The number of amides is 2. The number of anilines is 3. The number of carbonyl (C=O) groups is 2. The van der Waals surface area contributed by atoms with Gasteiger partial charge in [0.1, 0.15) is 11.3 Å². The standard InChI is InChI=1S/C33H31N7O3/c1-39-18-14-24(15-19-39)38-32(42)29-20-27-28(13-16-34-30(27)21-35-29)36-22-9-11-23(12-10-22)37-31(41)26-8-5-17-40(33(26)43)25-6-3-2-4-7-25/h2-13,16-17,20-21,24H,14-15,18-19H2,1H3,(H,34,36)(H,37,41)(H,38,42). The average molecular weight is 574 g/mol. The molecule has 3 aromatic heterocycles. The molecule has 0 radical (unpaired) electrons. The van der Waals surface area contributed by atoms with E-state index in [1.807, 2.05) is 48.5 Å². The van der Waals surface area contributed by atoms with E-state index in [1.165, 1.54) is 10.6 Å². The summed E-state index contributed by atoms with van der Waals surface area (Å²) in [6.07, 6.45) is 6.76. The predicted octanol–water partition coefficient (Wildman–Crippen LogP) is 4.60. The van der Waals surface area contributed by atoms with Gasteiger partial charge in [0.2, 0.25) is 0 Å². The number of likely N-dealkylation sites (tertiary alicyclic amines) is 1. The van der Waals surface area contributed by atoms with Gasteiger partial charge in [-0.1, -0.05) is 18.2 Å². The van der Waals surface area contributed by atoms with E-state index >= 15 is 0 Å². The lowest BCUT2D eigenvalue weighted by Crippen LogP contribution is -2.43. The van der Waals surface area contributed by atoms with E-state index in [4.69, 9.17) is 0 Å². The van der Waals surface area contributed by atoms with Crippen LogP contribution in [0.25, 0.3) is 16.6 Å². The van der Waals surface area contributed by atoms with Gasteiger partial charge in [-0.25, -0.2) is 4.98 Å². The van der Waals surface area contributed by atoms with E-state index < -0.39 is 11.5 Å². The van der Waals surface area contributed by atoms with E-state index in [-0.39, 0.29) is 17.5 Å². The molecular formula is C33H31N7O3. The van der Waals surface area contributed by atoms with Gasteiger partial charge in [0.15, 0.2) is 0 Å². The maximum Gasteiger partial charge on any atom is 0.270 e. The van der Waals surface area contributed by atoms with Crippen LogP contribution in [0.2, 0.25) is 0 Å². The zero-order valence-corrected chi connectivity index (χ0v) is 23.7. The number of nitrogens with zero attached hydrogens (tertiary/aromatic N) is 4. The third-order valence-corrected chi connectivity index (χ3v) is 7.56. The summed E-state index contributed by atoms with van der Waals surface area (Å²) in [5, 5.41) is 10.1. The number of piperidine rings is 1. The molecule has 43 heavy (non-hydrogen) atoms. The van der Waals surface area contributed by atoms with Gasteiger partial charge in [0, 0.05) is 46.6 Å². The third kappa shape index (κ3) is 6.29. The highest BCUT2D eigenvalue weighted by Gasteiger charge is 2.20. The second-order valence-electron chi connectivity index (χ2n) is 10.6. The Bertz CT molecular complexity index is 1830. The Morgan fingerprint density at radius 3 is 2.37 bits per heavy atom. The number of hydrogen-bond acceptors (Lipinski definition) is 7. The molecule has 0 unspecified atom stereocenters. The fourth-order valence-corrected chi connectivity index (χ4v) is 5.14. The molecule has 10 nitrogen and oxygen atoms in total. The van der Waals surface area contributed by atoms with Crippen LogP contribution < -0.4 is 21.5 Å². The van der Waals surface area contributed by atoms with Gasteiger partial charge < -0.3 is 20.9 Å². The second kappa shape index (κ2) is 12.3. The van der Waals surface area contributed by atoms with E-state index in [9.17, 15) is 14.4 Å². The van der Waals surface area contributed by atoms with Crippen LogP contribution >= 0.6 is 0 Å². The smallest absolute Gasteiger partial charge is 0.270 e. The normalized spacial score (nSPS) is 13.9. The van der Waals surface area contributed by atoms with Crippen LogP contribution in [-0.2, 0) is 0 Å². The largest absolute Gasteiger partial charge is 0.355 e. The quantitative estimate of drug-likeness (QED) is 0.260. The first-order valence-electron chi connectivity index (χ1n) is 14.1. The zero-order valence-electron chi connectivity index (χ0n) is 23.7. The minimum Gasteiger partial charge on any atom is -0.355 e. The molecule has 10 heteroatoms. The van der Waals surface area contributed by atoms with Crippen molar-refractivity contribution in [3.63, 3.8) is 0 Å². The summed E-state index contributed by atoms with van der Waals surface area (Å²) < 4.78 is 1.44. The van der Waals surface area contributed by atoms with Crippen molar-refractivity contribution in [3.8, 4) is 5.69 Å². The van der Waals surface area contributed by atoms with Crippen molar-refractivity contribution in [1.29, 1.82) is 0 Å². The van der Waals surface area contributed by atoms with Crippen LogP contribution in [0, 0.1) is 0 Å². The molecular weight excluding hydrogens is 542 g/mol. The van der Waals surface area contributed by atoms with E-state index in [0.717, 1.165) is 42.7 Å². The van der Waals surface area contributed by atoms with Crippen LogP contribution in [0.4, 0.5) is 17.1 Å². The second-order valence-corrected chi connectivity index (χ2v) is 10.6. The summed E-state index contributed by atoms with van der Waals surface area (Å²) in [5.41, 5.74) is 3.41. The van der Waals surface area contributed by atoms with E-state index in [2.05, 4.69) is 37.9 Å². The fraction of sp³-hybridized carbons (Fsp3) is 0.182. The number of nitrogens with one attached hydrogen (secondary N) is 3. The molecule has 0 atom stereocenters. The molecule has 1 fully saturated rings. The van der Waals surface area contributed by atoms with Crippen molar-refractivity contribution in [2.24, 2.45) is 0 Å². The Morgan fingerprint density at radius 2 is 1.60 bits per heavy atom. The first-order valence-corrected chi connectivity index (χ1v) is 14.1. The van der Waals surface area contributed by atoms with Crippen LogP contribution in [0.1, 0.15) is 33.7 Å². The minimum absolute atomic E-state index is 0.0427. The number of benzene rings is 2. The summed E-state index contributed by atoms with van der Waals surface area (Å²) in [6, 6.07) is 23.2. The highest BCUT2D eigenvalue weighted by molar-refractivity contribution is 6.04. The molecule has 1 aliphatic heterocycles. The Balaban J connectivity index is 1.15. The first kappa shape index (κ1) is 27.8. The SMILES string of the molecule is CN1CCC(NC(=O)c2cc3c(Nc4ccc(NC(=O)c5cccn(-c6ccccc6)c5=O)cc4)ccnc3cn2)CC1. The lowest BCUT2D eigenvalue weighted by atomic mass is 10.1. The fourth-order valence-electron chi connectivity index (χ4n) is 5.14. The van der Waals surface area contributed by atoms with Gasteiger partial charge in [-0.05, 0) is 93.6 Å². The van der Waals surface area contributed by atoms with Gasteiger partial charge in [0.05, 0.1) is 11.7 Å². The molecule has 216 valence electrons. The van der Waals surface area contributed by atoms with Gasteiger partial charge in [-0.2, -0.15) is 0 Å². The maximum atomic E-state index is 13.0. The van der Waals surface area contributed by atoms with Crippen LogP contribution in [0.5, 0.6) is 0 Å². The number of pyridine rings is 3. The third-order valence-electron chi connectivity index (χ3n) is 7.56. The average Bonchev–Trinajstić information content (AvgIpc) is 3.03. The van der Waals surface area contributed by atoms with Gasteiger partial charge in [-0.3, -0.25) is 23.9 Å². The number of fused-ring (bicyclic) bond motifs is 1. The maximum absolute atomic E-state index is 13.0. The topological polar surface area (TPSA) is 121 Å². The van der Waals surface area contributed by atoms with E-state index in [0.29, 0.717) is 22.6 Å². The summed E-state index contributed by atoms with van der Waals surface area (Å²) in [4.78, 5) is 50.0. The number of carbonyl (C=O) groups excluding carboxylic acids is 2. The Labute approximate surface area is 248 Å². The summed E-state index contributed by atoms with van der Waals surface area (Å²) in [6.45, 7) is 1.91. The Kier molecular flexibility index (Phi) is 7.92. The molecule has 0 saturated carbocycles. The predicted molar refractivity (Wildman–Crippen MR) is 167 cm³/mol. The van der Waals surface area contributed by atoms with Crippen molar-refractivity contribution in [3.05, 3.63) is 119 Å². The number of aromatic nitrogens is 3. The van der Waals surface area contributed by atoms with E-state index in [1.54, 1.807) is 42.9 Å². The minimum atomic E-state index is -0.491. The molecule has 3 N–H and O–H groups in total. The van der Waals surface area contributed by atoms with Crippen molar-refractivity contribution >= 4 is 39.8 Å². The summed E-state index contributed by atoms with van der Waals surface area (Å²) >= 11 is 0. The summed E-state index contributed by atoms with van der Waals surface area (Å²) in [7, 11) is 2.09. The van der Waals surface area contributed by atoms with Crippen LogP contribution in [0.3, 0.4) is 0 Å².